The summed E-state index contributed by atoms with van der Waals surface area (Å²) < 4.78 is 28.0. The van der Waals surface area contributed by atoms with Gasteiger partial charge in [-0.05, 0) is 55.1 Å². The molecule has 148 valence electrons. The first kappa shape index (κ1) is 20.4. The number of hydrogen-bond acceptors (Lipinski definition) is 4. The summed E-state index contributed by atoms with van der Waals surface area (Å²) in [4.78, 5) is 13.2. The fourth-order valence-electron chi connectivity index (χ4n) is 2.81. The van der Waals surface area contributed by atoms with Gasteiger partial charge < -0.3 is 5.32 Å². The van der Waals surface area contributed by atoms with E-state index in [1.807, 2.05) is 19.1 Å². The summed E-state index contributed by atoms with van der Waals surface area (Å²) >= 11 is 1.41. The van der Waals surface area contributed by atoms with Gasteiger partial charge >= 0.3 is 0 Å². The van der Waals surface area contributed by atoms with Gasteiger partial charge in [-0.3, -0.25) is 9.10 Å². The number of anilines is 1. The molecule has 2 aromatic carbocycles. The molecule has 0 spiro atoms. The molecule has 28 heavy (non-hydrogen) atoms. The highest BCUT2D eigenvalue weighted by Crippen LogP contribution is 2.31. The lowest BCUT2D eigenvalue weighted by Crippen LogP contribution is -2.26. The van der Waals surface area contributed by atoms with Crippen LogP contribution in [0.25, 0.3) is 10.1 Å². The second-order valence-corrected chi connectivity index (χ2v) is 9.78. The molecule has 0 atom stereocenters. The maximum Gasteiger partial charge on any atom is 0.264 e. The quantitative estimate of drug-likeness (QED) is 0.574. The number of nitrogens with one attached hydrogen (secondary N) is 1. The predicted molar refractivity (Wildman–Crippen MR) is 116 cm³/mol. The summed E-state index contributed by atoms with van der Waals surface area (Å²) in [5, 5.41) is 3.77. The lowest BCUT2D eigenvalue weighted by Gasteiger charge is -2.19. The van der Waals surface area contributed by atoms with E-state index in [1.54, 1.807) is 43.4 Å². The molecule has 0 unspecified atom stereocenters. The number of nitrogens with zero attached hydrogens (tertiary/aromatic N) is 1. The zero-order valence-corrected chi connectivity index (χ0v) is 17.9. The van der Waals surface area contributed by atoms with Gasteiger partial charge in [0.1, 0.15) is 0 Å². The van der Waals surface area contributed by atoms with Gasteiger partial charge in [0.2, 0.25) is 0 Å². The highest BCUT2D eigenvalue weighted by Gasteiger charge is 2.21. The van der Waals surface area contributed by atoms with Crippen molar-refractivity contribution in [2.24, 2.45) is 0 Å². The molecule has 0 saturated carbocycles. The molecule has 1 heterocycles. The summed E-state index contributed by atoms with van der Waals surface area (Å²) in [5.41, 5.74) is 1.56. The Balaban J connectivity index is 1.87. The zero-order chi connectivity index (χ0) is 20.3. The van der Waals surface area contributed by atoms with Crippen molar-refractivity contribution >= 4 is 43.0 Å². The van der Waals surface area contributed by atoms with E-state index >= 15 is 0 Å². The van der Waals surface area contributed by atoms with Gasteiger partial charge in [-0.1, -0.05) is 31.0 Å². The van der Waals surface area contributed by atoms with Crippen molar-refractivity contribution in [1.82, 2.24) is 5.32 Å². The average molecular weight is 417 g/mol. The molecule has 3 rings (SSSR count). The van der Waals surface area contributed by atoms with E-state index in [0.29, 0.717) is 17.1 Å². The maximum absolute atomic E-state index is 12.9. The van der Waals surface area contributed by atoms with Gasteiger partial charge in [0.05, 0.1) is 15.5 Å². The third kappa shape index (κ3) is 4.20. The topological polar surface area (TPSA) is 66.5 Å². The smallest absolute Gasteiger partial charge is 0.264 e. The molecular weight excluding hydrogens is 392 g/mol. The number of benzene rings is 2. The standard InChI is InChI=1S/C21H24N2O3S2/c1-4-5-12-22-21(24)20-14-16-13-17(8-11-19(16)27-20)23(3)28(25,26)18-9-6-15(2)7-10-18/h6-11,13-14H,4-5,12H2,1-3H3,(H,22,24). The number of thiophene rings is 1. The maximum atomic E-state index is 12.9. The Hall–Kier alpha value is -2.38. The molecule has 1 aromatic heterocycles. The molecule has 1 N–H and O–H groups in total. The Kier molecular flexibility index (Phi) is 6.05. The van der Waals surface area contributed by atoms with Gasteiger partial charge in [0.25, 0.3) is 15.9 Å². The minimum atomic E-state index is -3.64. The van der Waals surface area contributed by atoms with Crippen LogP contribution in [-0.4, -0.2) is 27.9 Å². The van der Waals surface area contributed by atoms with Crippen LogP contribution in [0, 0.1) is 6.92 Å². The molecule has 0 fully saturated rings. The Morgan fingerprint density at radius 2 is 1.82 bits per heavy atom. The van der Waals surface area contributed by atoms with Gasteiger partial charge in [-0.15, -0.1) is 11.3 Å². The lowest BCUT2D eigenvalue weighted by atomic mass is 10.2. The van der Waals surface area contributed by atoms with Crippen LogP contribution in [0.4, 0.5) is 5.69 Å². The van der Waals surface area contributed by atoms with E-state index in [0.717, 1.165) is 28.5 Å². The number of hydrogen-bond donors (Lipinski definition) is 1. The molecular formula is C21H24N2O3S2. The van der Waals surface area contributed by atoms with Crippen molar-refractivity contribution < 1.29 is 13.2 Å². The number of rotatable bonds is 7. The fraction of sp³-hybridized carbons (Fsp3) is 0.286. The number of sulfonamides is 1. The molecule has 7 heteroatoms. The lowest BCUT2D eigenvalue weighted by molar-refractivity contribution is 0.0957. The molecule has 0 bridgehead atoms. The van der Waals surface area contributed by atoms with Crippen molar-refractivity contribution in [1.29, 1.82) is 0 Å². The minimum Gasteiger partial charge on any atom is -0.351 e. The van der Waals surface area contributed by atoms with Crippen LogP contribution in [0.5, 0.6) is 0 Å². The van der Waals surface area contributed by atoms with Crippen LogP contribution in [0.3, 0.4) is 0 Å². The highest BCUT2D eigenvalue weighted by molar-refractivity contribution is 7.92. The molecule has 3 aromatic rings. The fourth-order valence-corrected chi connectivity index (χ4v) is 4.96. The van der Waals surface area contributed by atoms with Gasteiger partial charge in [0, 0.05) is 18.3 Å². The third-order valence-corrected chi connectivity index (χ3v) is 7.50. The largest absolute Gasteiger partial charge is 0.351 e. The number of aryl methyl sites for hydroxylation is 1. The van der Waals surface area contributed by atoms with E-state index in [4.69, 9.17) is 0 Å². The van der Waals surface area contributed by atoms with Gasteiger partial charge in [-0.2, -0.15) is 0 Å². The van der Waals surface area contributed by atoms with Crippen molar-refractivity contribution in [2.75, 3.05) is 17.9 Å². The highest BCUT2D eigenvalue weighted by atomic mass is 32.2. The van der Waals surface area contributed by atoms with Crippen LogP contribution in [0.2, 0.25) is 0 Å². The van der Waals surface area contributed by atoms with Gasteiger partial charge in [0.15, 0.2) is 0 Å². The number of carbonyl (C=O) groups excluding carboxylic acids is 1. The molecule has 0 radical (unpaired) electrons. The summed E-state index contributed by atoms with van der Waals surface area (Å²) in [6.45, 7) is 4.65. The Bertz CT molecular complexity index is 1090. The van der Waals surface area contributed by atoms with Crippen LogP contribution >= 0.6 is 11.3 Å². The van der Waals surface area contributed by atoms with Crippen molar-refractivity contribution in [2.45, 2.75) is 31.6 Å². The second-order valence-electron chi connectivity index (χ2n) is 6.73. The second kappa shape index (κ2) is 8.32. The molecule has 0 saturated heterocycles. The molecule has 1 amide bonds. The SMILES string of the molecule is CCCCNC(=O)c1cc2cc(N(C)S(=O)(=O)c3ccc(C)cc3)ccc2s1. The number of fused-ring (bicyclic) bond motifs is 1. The summed E-state index contributed by atoms with van der Waals surface area (Å²) in [6.07, 6.45) is 1.97. The zero-order valence-electron chi connectivity index (χ0n) is 16.2. The van der Waals surface area contributed by atoms with Crippen molar-refractivity contribution in [3.05, 3.63) is 59.0 Å². The first-order valence-electron chi connectivity index (χ1n) is 9.20. The summed E-state index contributed by atoms with van der Waals surface area (Å²) in [6, 6.07) is 14.0. The van der Waals surface area contributed by atoms with Crippen LogP contribution in [-0.2, 0) is 10.0 Å². The Morgan fingerprint density at radius 1 is 1.11 bits per heavy atom. The average Bonchev–Trinajstić information content (AvgIpc) is 3.11. The van der Waals surface area contributed by atoms with Crippen molar-refractivity contribution in [3.63, 3.8) is 0 Å². The molecule has 0 aliphatic rings. The van der Waals surface area contributed by atoms with Gasteiger partial charge in [-0.25, -0.2) is 8.42 Å². The Labute approximate surface area is 170 Å². The van der Waals surface area contributed by atoms with E-state index in [2.05, 4.69) is 12.2 Å². The van der Waals surface area contributed by atoms with E-state index < -0.39 is 10.0 Å². The van der Waals surface area contributed by atoms with Crippen LogP contribution in [0.1, 0.15) is 35.0 Å². The summed E-state index contributed by atoms with van der Waals surface area (Å²) in [7, 11) is -2.10. The van der Waals surface area contributed by atoms with E-state index in [9.17, 15) is 13.2 Å². The monoisotopic (exact) mass is 416 g/mol. The van der Waals surface area contributed by atoms with Crippen LogP contribution < -0.4 is 9.62 Å². The predicted octanol–water partition coefficient (Wildman–Crippen LogP) is 4.56. The summed E-state index contributed by atoms with van der Waals surface area (Å²) in [5.74, 6) is -0.0863. The minimum absolute atomic E-state index is 0.0863. The van der Waals surface area contributed by atoms with Crippen molar-refractivity contribution in [3.8, 4) is 0 Å². The molecule has 5 nitrogen and oxygen atoms in total. The normalized spacial score (nSPS) is 11.5. The van der Waals surface area contributed by atoms with Crippen LogP contribution in [0.15, 0.2) is 53.4 Å². The number of amides is 1. The number of carbonyl (C=O) groups is 1. The first-order valence-corrected chi connectivity index (χ1v) is 11.5. The molecule has 0 aliphatic heterocycles. The third-order valence-electron chi connectivity index (χ3n) is 4.58. The van der Waals surface area contributed by atoms with E-state index in [1.165, 1.54) is 15.6 Å². The first-order chi connectivity index (χ1) is 13.3. The Morgan fingerprint density at radius 3 is 2.50 bits per heavy atom. The number of unbranched alkanes of at least 4 members (excludes halogenated alkanes) is 1. The molecule has 0 aliphatic carbocycles. The van der Waals surface area contributed by atoms with E-state index in [-0.39, 0.29) is 10.8 Å².